The molecule has 0 fully saturated rings. The molecule has 6 nitrogen and oxygen atoms in total. The summed E-state index contributed by atoms with van der Waals surface area (Å²) in [5.41, 5.74) is -0.155. The van der Waals surface area contributed by atoms with Gasteiger partial charge < -0.3 is 15.7 Å². The van der Waals surface area contributed by atoms with Crippen LogP contribution in [0.5, 0.6) is 6.01 Å². The standard InChI is InChI=1S/C9H17N5O/c1-5-10-6-11-7(13-8(15)12-6)14-9(2,3)4/h5H2,1-4H3,(H3,10,11,12,13,14,15). The lowest BCUT2D eigenvalue weighted by molar-refractivity contribution is 0.429. The van der Waals surface area contributed by atoms with Crippen LogP contribution in [0.25, 0.3) is 0 Å². The van der Waals surface area contributed by atoms with Crippen molar-refractivity contribution in [2.75, 3.05) is 17.2 Å². The first-order chi connectivity index (χ1) is 6.90. The Morgan fingerprint density at radius 3 is 2.27 bits per heavy atom. The van der Waals surface area contributed by atoms with Gasteiger partial charge in [0.05, 0.1) is 0 Å². The summed E-state index contributed by atoms with van der Waals surface area (Å²) in [5, 5.41) is 15.2. The van der Waals surface area contributed by atoms with Crippen molar-refractivity contribution < 1.29 is 5.11 Å². The van der Waals surface area contributed by atoms with Crippen molar-refractivity contribution in [3.8, 4) is 6.01 Å². The average molecular weight is 211 g/mol. The maximum absolute atomic E-state index is 9.28. The average Bonchev–Trinajstić information content (AvgIpc) is 1.99. The maximum Gasteiger partial charge on any atom is 0.320 e. The molecule has 0 radical (unpaired) electrons. The molecule has 0 aliphatic rings. The highest BCUT2D eigenvalue weighted by atomic mass is 16.3. The minimum absolute atomic E-state index is 0.155. The fraction of sp³-hybridized carbons (Fsp3) is 0.667. The maximum atomic E-state index is 9.28. The molecular formula is C9H17N5O. The first kappa shape index (κ1) is 11.5. The van der Waals surface area contributed by atoms with Gasteiger partial charge in [-0.2, -0.15) is 15.0 Å². The molecule has 0 unspecified atom stereocenters. The van der Waals surface area contributed by atoms with Crippen molar-refractivity contribution in [3.63, 3.8) is 0 Å². The van der Waals surface area contributed by atoms with Crippen molar-refractivity contribution >= 4 is 11.9 Å². The Balaban J connectivity index is 2.88. The Morgan fingerprint density at radius 2 is 1.73 bits per heavy atom. The van der Waals surface area contributed by atoms with Gasteiger partial charge in [-0.25, -0.2) is 0 Å². The van der Waals surface area contributed by atoms with Crippen LogP contribution in [-0.2, 0) is 0 Å². The zero-order valence-electron chi connectivity index (χ0n) is 9.50. The third-order valence-corrected chi connectivity index (χ3v) is 1.45. The normalized spacial score (nSPS) is 11.2. The van der Waals surface area contributed by atoms with Crippen molar-refractivity contribution in [2.24, 2.45) is 0 Å². The van der Waals surface area contributed by atoms with Crippen LogP contribution in [0.1, 0.15) is 27.7 Å². The predicted molar refractivity (Wildman–Crippen MR) is 59.0 cm³/mol. The number of hydrogen-bond donors (Lipinski definition) is 3. The molecule has 0 bridgehead atoms. The molecular weight excluding hydrogens is 194 g/mol. The largest absolute Gasteiger partial charge is 0.479 e. The summed E-state index contributed by atoms with van der Waals surface area (Å²) in [6, 6.07) is -0.285. The van der Waals surface area contributed by atoms with Crippen LogP contribution in [0, 0.1) is 0 Å². The summed E-state index contributed by atoms with van der Waals surface area (Å²) in [6.07, 6.45) is 0. The first-order valence-electron chi connectivity index (χ1n) is 4.88. The number of aromatic nitrogens is 3. The predicted octanol–water partition coefficient (Wildman–Crippen LogP) is 1.22. The Bertz CT molecular complexity index is 334. The van der Waals surface area contributed by atoms with Crippen LogP contribution in [0.15, 0.2) is 0 Å². The van der Waals surface area contributed by atoms with Crippen molar-refractivity contribution in [3.05, 3.63) is 0 Å². The highest BCUT2D eigenvalue weighted by Gasteiger charge is 2.13. The van der Waals surface area contributed by atoms with Gasteiger partial charge in [0.15, 0.2) is 0 Å². The number of nitrogens with zero attached hydrogens (tertiary/aromatic N) is 3. The fourth-order valence-corrected chi connectivity index (χ4v) is 0.993. The van der Waals surface area contributed by atoms with E-state index in [4.69, 9.17) is 0 Å². The lowest BCUT2D eigenvalue weighted by atomic mass is 10.1. The molecule has 0 saturated heterocycles. The van der Waals surface area contributed by atoms with E-state index in [1.807, 2.05) is 27.7 Å². The van der Waals surface area contributed by atoms with Gasteiger partial charge in [0.25, 0.3) is 0 Å². The van der Waals surface area contributed by atoms with E-state index < -0.39 is 0 Å². The summed E-state index contributed by atoms with van der Waals surface area (Å²) in [4.78, 5) is 11.6. The topological polar surface area (TPSA) is 83.0 Å². The molecule has 1 aromatic rings. The molecule has 15 heavy (non-hydrogen) atoms. The smallest absolute Gasteiger partial charge is 0.320 e. The van der Waals surface area contributed by atoms with Gasteiger partial charge in [-0.3, -0.25) is 0 Å². The third kappa shape index (κ3) is 3.97. The zero-order chi connectivity index (χ0) is 11.5. The Kier molecular flexibility index (Phi) is 3.28. The number of hydrogen-bond acceptors (Lipinski definition) is 6. The Morgan fingerprint density at radius 1 is 1.13 bits per heavy atom. The fourth-order valence-electron chi connectivity index (χ4n) is 0.993. The molecule has 0 atom stereocenters. The molecule has 0 saturated carbocycles. The second-order valence-electron chi connectivity index (χ2n) is 4.19. The van der Waals surface area contributed by atoms with E-state index in [0.29, 0.717) is 18.4 Å². The van der Waals surface area contributed by atoms with Gasteiger partial charge in [0.2, 0.25) is 11.9 Å². The third-order valence-electron chi connectivity index (χ3n) is 1.45. The summed E-state index contributed by atoms with van der Waals surface area (Å²) >= 11 is 0. The van der Waals surface area contributed by atoms with Crippen LogP contribution in [0.3, 0.4) is 0 Å². The highest BCUT2D eigenvalue weighted by Crippen LogP contribution is 2.13. The van der Waals surface area contributed by atoms with Gasteiger partial charge >= 0.3 is 6.01 Å². The second-order valence-corrected chi connectivity index (χ2v) is 4.19. The van der Waals surface area contributed by atoms with Gasteiger partial charge in [0.1, 0.15) is 0 Å². The minimum Gasteiger partial charge on any atom is -0.479 e. The Hall–Kier alpha value is -1.59. The zero-order valence-corrected chi connectivity index (χ0v) is 9.50. The molecule has 0 spiro atoms. The number of nitrogens with one attached hydrogen (secondary N) is 2. The van der Waals surface area contributed by atoms with Gasteiger partial charge in [-0.1, -0.05) is 0 Å². The molecule has 1 aromatic heterocycles. The molecule has 1 heterocycles. The van der Waals surface area contributed by atoms with Crippen molar-refractivity contribution in [1.82, 2.24) is 15.0 Å². The van der Waals surface area contributed by atoms with E-state index in [0.717, 1.165) is 0 Å². The number of anilines is 2. The highest BCUT2D eigenvalue weighted by molar-refractivity contribution is 5.36. The van der Waals surface area contributed by atoms with E-state index in [1.54, 1.807) is 0 Å². The van der Waals surface area contributed by atoms with Crippen LogP contribution in [-0.4, -0.2) is 32.1 Å². The molecule has 6 heteroatoms. The van der Waals surface area contributed by atoms with E-state index in [-0.39, 0.29) is 11.5 Å². The number of aromatic hydroxyl groups is 1. The Labute approximate surface area is 89.2 Å². The van der Waals surface area contributed by atoms with Crippen LogP contribution >= 0.6 is 0 Å². The molecule has 0 aliphatic heterocycles. The molecule has 1 rings (SSSR count). The lowest BCUT2D eigenvalue weighted by Crippen LogP contribution is -2.27. The van der Waals surface area contributed by atoms with Gasteiger partial charge in [0, 0.05) is 12.1 Å². The van der Waals surface area contributed by atoms with E-state index in [2.05, 4.69) is 25.6 Å². The monoisotopic (exact) mass is 211 g/mol. The van der Waals surface area contributed by atoms with Crippen LogP contribution < -0.4 is 10.6 Å². The first-order valence-corrected chi connectivity index (χ1v) is 4.88. The van der Waals surface area contributed by atoms with Crippen LogP contribution in [0.4, 0.5) is 11.9 Å². The number of rotatable bonds is 3. The quantitative estimate of drug-likeness (QED) is 0.697. The molecule has 84 valence electrons. The van der Waals surface area contributed by atoms with E-state index in [9.17, 15) is 5.11 Å². The lowest BCUT2D eigenvalue weighted by Gasteiger charge is -2.20. The molecule has 0 aromatic carbocycles. The van der Waals surface area contributed by atoms with Crippen molar-refractivity contribution in [1.29, 1.82) is 0 Å². The molecule has 3 N–H and O–H groups in total. The van der Waals surface area contributed by atoms with Gasteiger partial charge in [-0.15, -0.1) is 0 Å². The van der Waals surface area contributed by atoms with Gasteiger partial charge in [-0.05, 0) is 27.7 Å². The van der Waals surface area contributed by atoms with E-state index >= 15 is 0 Å². The minimum atomic E-state index is -0.285. The molecule has 0 amide bonds. The second kappa shape index (κ2) is 4.29. The summed E-state index contributed by atoms with van der Waals surface area (Å²) in [7, 11) is 0. The van der Waals surface area contributed by atoms with E-state index in [1.165, 1.54) is 0 Å². The summed E-state index contributed by atoms with van der Waals surface area (Å²) in [5.74, 6) is 0.739. The van der Waals surface area contributed by atoms with Crippen molar-refractivity contribution in [2.45, 2.75) is 33.2 Å². The molecule has 0 aliphatic carbocycles. The summed E-state index contributed by atoms with van der Waals surface area (Å²) in [6.45, 7) is 8.58. The van der Waals surface area contributed by atoms with Crippen LogP contribution in [0.2, 0.25) is 0 Å². The summed E-state index contributed by atoms with van der Waals surface area (Å²) < 4.78 is 0. The SMILES string of the molecule is CCNc1nc(O)nc(NC(C)(C)C)n1.